The summed E-state index contributed by atoms with van der Waals surface area (Å²) in [6.07, 6.45) is 4.99. The van der Waals surface area contributed by atoms with Crippen LogP contribution in [-0.2, 0) is 14.6 Å². The molecule has 1 amide bonds. The third-order valence-corrected chi connectivity index (χ3v) is 7.60. The van der Waals surface area contributed by atoms with Gasteiger partial charge in [-0.2, -0.15) is 0 Å². The molecule has 2 aliphatic heterocycles. The monoisotopic (exact) mass is 394 g/mol. The van der Waals surface area contributed by atoms with E-state index in [9.17, 15) is 13.2 Å². The number of likely N-dealkylation sites (tertiary alicyclic amines) is 1. The highest BCUT2D eigenvalue weighted by atomic mass is 32.2. The lowest BCUT2D eigenvalue weighted by Gasteiger charge is -2.32. The lowest BCUT2D eigenvalue weighted by atomic mass is 10.0. The summed E-state index contributed by atoms with van der Waals surface area (Å²) in [7, 11) is 0.409. The number of nitrogens with zero attached hydrogens (tertiary/aromatic N) is 2. The summed E-state index contributed by atoms with van der Waals surface area (Å²) in [6.45, 7) is 1.23. The van der Waals surface area contributed by atoms with Crippen LogP contribution in [0.3, 0.4) is 0 Å². The summed E-state index contributed by atoms with van der Waals surface area (Å²) >= 11 is 0. The summed E-state index contributed by atoms with van der Waals surface area (Å²) < 4.78 is 28.7. The number of rotatable bonds is 5. The minimum absolute atomic E-state index is 0.0116. The van der Waals surface area contributed by atoms with Gasteiger partial charge in [-0.15, -0.1) is 0 Å². The number of hydrogen-bond donors (Lipinski definition) is 0. The van der Waals surface area contributed by atoms with Gasteiger partial charge in [-0.1, -0.05) is 25.0 Å². The molecule has 2 fully saturated rings. The standard InChI is InChI=1S/C20H30N2O4S/c1-21(17-11-13-27(24,25)15-17)20(23)14-22-12-5-3-4-6-19(22)16-7-9-18(26-2)10-8-16/h7-10,17,19H,3-6,11-15H2,1-2H3/t17-,19-/m0/s1. The zero-order valence-electron chi connectivity index (χ0n) is 16.3. The second-order valence-electron chi connectivity index (χ2n) is 7.67. The van der Waals surface area contributed by atoms with Gasteiger partial charge in [0.05, 0.1) is 25.2 Å². The molecular formula is C20H30N2O4S. The molecule has 2 aliphatic rings. The van der Waals surface area contributed by atoms with Gasteiger partial charge in [0.1, 0.15) is 5.75 Å². The number of likely N-dealkylation sites (N-methyl/N-ethyl adjacent to an activating group) is 1. The molecule has 1 aromatic carbocycles. The summed E-state index contributed by atoms with van der Waals surface area (Å²) in [5.74, 6) is 1.12. The molecule has 150 valence electrons. The normalized spacial score (nSPS) is 25.7. The van der Waals surface area contributed by atoms with Gasteiger partial charge in [-0.3, -0.25) is 9.69 Å². The number of carbonyl (C=O) groups is 1. The predicted molar refractivity (Wildman–Crippen MR) is 106 cm³/mol. The Hall–Kier alpha value is -1.60. The lowest BCUT2D eigenvalue weighted by Crippen LogP contribution is -2.44. The van der Waals surface area contributed by atoms with Gasteiger partial charge in [-0.25, -0.2) is 8.42 Å². The first-order valence-electron chi connectivity index (χ1n) is 9.74. The maximum absolute atomic E-state index is 12.9. The number of carbonyl (C=O) groups excluding carboxylic acids is 1. The van der Waals surface area contributed by atoms with Gasteiger partial charge >= 0.3 is 0 Å². The fraction of sp³-hybridized carbons (Fsp3) is 0.650. The van der Waals surface area contributed by atoms with Crippen LogP contribution in [0, 0.1) is 0 Å². The van der Waals surface area contributed by atoms with Crippen molar-refractivity contribution < 1.29 is 17.9 Å². The number of ether oxygens (including phenoxy) is 1. The van der Waals surface area contributed by atoms with E-state index in [1.807, 2.05) is 12.1 Å². The molecule has 1 aromatic rings. The Morgan fingerprint density at radius 3 is 2.56 bits per heavy atom. The fourth-order valence-electron chi connectivity index (χ4n) is 4.13. The van der Waals surface area contributed by atoms with Crippen LogP contribution >= 0.6 is 0 Å². The van der Waals surface area contributed by atoms with Crippen LogP contribution in [0.25, 0.3) is 0 Å². The molecule has 0 radical (unpaired) electrons. The van der Waals surface area contributed by atoms with Gasteiger partial charge in [0, 0.05) is 19.1 Å². The molecule has 2 saturated heterocycles. The zero-order chi connectivity index (χ0) is 19.4. The second-order valence-corrected chi connectivity index (χ2v) is 9.90. The Morgan fingerprint density at radius 1 is 1.19 bits per heavy atom. The van der Waals surface area contributed by atoms with Crippen LogP contribution in [0.2, 0.25) is 0 Å². The average Bonchev–Trinajstić information content (AvgIpc) is 2.87. The molecule has 2 heterocycles. The highest BCUT2D eigenvalue weighted by molar-refractivity contribution is 7.91. The van der Waals surface area contributed by atoms with Crippen molar-refractivity contribution in [3.8, 4) is 5.75 Å². The van der Waals surface area contributed by atoms with Gasteiger partial charge in [0.25, 0.3) is 0 Å². The molecular weight excluding hydrogens is 364 g/mol. The first-order valence-corrected chi connectivity index (χ1v) is 11.6. The van der Waals surface area contributed by atoms with Crippen molar-refractivity contribution in [2.75, 3.05) is 38.8 Å². The van der Waals surface area contributed by atoms with E-state index in [4.69, 9.17) is 4.74 Å². The Kier molecular flexibility index (Phi) is 6.42. The second kappa shape index (κ2) is 8.61. The average molecular weight is 395 g/mol. The van der Waals surface area contributed by atoms with Crippen molar-refractivity contribution in [3.05, 3.63) is 29.8 Å². The summed E-state index contributed by atoms with van der Waals surface area (Å²) in [4.78, 5) is 16.8. The molecule has 0 aromatic heterocycles. The highest BCUT2D eigenvalue weighted by Crippen LogP contribution is 2.31. The highest BCUT2D eigenvalue weighted by Gasteiger charge is 2.34. The van der Waals surface area contributed by atoms with Gasteiger partial charge in [0.15, 0.2) is 9.84 Å². The van der Waals surface area contributed by atoms with Crippen molar-refractivity contribution >= 4 is 15.7 Å². The number of amides is 1. The summed E-state index contributed by atoms with van der Waals surface area (Å²) in [5, 5.41) is 0. The van der Waals surface area contributed by atoms with Crippen LogP contribution in [0.15, 0.2) is 24.3 Å². The summed E-state index contributed by atoms with van der Waals surface area (Å²) in [5.41, 5.74) is 1.21. The van der Waals surface area contributed by atoms with E-state index in [2.05, 4.69) is 17.0 Å². The van der Waals surface area contributed by atoms with E-state index in [1.54, 1.807) is 19.1 Å². The number of benzene rings is 1. The van der Waals surface area contributed by atoms with Crippen molar-refractivity contribution in [2.24, 2.45) is 0 Å². The van der Waals surface area contributed by atoms with E-state index in [0.29, 0.717) is 13.0 Å². The van der Waals surface area contributed by atoms with E-state index in [0.717, 1.165) is 31.6 Å². The third kappa shape index (κ3) is 5.02. The minimum atomic E-state index is -2.99. The molecule has 0 N–H and O–H groups in total. The van der Waals surface area contributed by atoms with Gasteiger partial charge in [0.2, 0.25) is 5.91 Å². The number of sulfone groups is 1. The lowest BCUT2D eigenvalue weighted by molar-refractivity contribution is -0.133. The Morgan fingerprint density at radius 2 is 1.93 bits per heavy atom. The Labute approximate surface area is 162 Å². The fourth-order valence-corrected chi connectivity index (χ4v) is 5.90. The molecule has 3 rings (SSSR count). The van der Waals surface area contributed by atoms with Crippen LogP contribution in [0.1, 0.15) is 43.7 Å². The number of methoxy groups -OCH3 is 1. The molecule has 0 unspecified atom stereocenters. The SMILES string of the molecule is COc1ccc([C@@H]2CCCCCN2CC(=O)N(C)[C@H]2CCS(=O)(=O)C2)cc1. The summed E-state index contributed by atoms with van der Waals surface area (Å²) in [6, 6.07) is 8.13. The Balaban J connectivity index is 1.70. The smallest absolute Gasteiger partial charge is 0.236 e. The molecule has 2 atom stereocenters. The van der Waals surface area contributed by atoms with Crippen molar-refractivity contribution in [2.45, 2.75) is 44.2 Å². The van der Waals surface area contributed by atoms with Crippen LogP contribution in [0.5, 0.6) is 5.75 Å². The Bertz CT molecular complexity index is 748. The largest absolute Gasteiger partial charge is 0.497 e. The molecule has 6 nitrogen and oxygen atoms in total. The predicted octanol–water partition coefficient (Wildman–Crippen LogP) is 2.26. The van der Waals surface area contributed by atoms with Crippen LogP contribution in [0.4, 0.5) is 0 Å². The topological polar surface area (TPSA) is 66.9 Å². The van der Waals surface area contributed by atoms with Gasteiger partial charge in [-0.05, 0) is 43.5 Å². The maximum atomic E-state index is 12.9. The van der Waals surface area contributed by atoms with Crippen molar-refractivity contribution in [1.29, 1.82) is 0 Å². The third-order valence-electron chi connectivity index (χ3n) is 5.85. The van der Waals surface area contributed by atoms with Crippen LogP contribution in [-0.4, -0.2) is 68.9 Å². The van der Waals surface area contributed by atoms with Crippen molar-refractivity contribution in [1.82, 2.24) is 9.80 Å². The van der Waals surface area contributed by atoms with E-state index < -0.39 is 9.84 Å². The van der Waals surface area contributed by atoms with E-state index in [-0.39, 0.29) is 29.5 Å². The van der Waals surface area contributed by atoms with E-state index in [1.165, 1.54) is 12.0 Å². The molecule has 0 spiro atoms. The molecule has 0 aliphatic carbocycles. The molecule has 27 heavy (non-hydrogen) atoms. The zero-order valence-corrected chi connectivity index (χ0v) is 17.1. The van der Waals surface area contributed by atoms with Gasteiger partial charge < -0.3 is 9.64 Å². The quantitative estimate of drug-likeness (QED) is 0.766. The molecule has 0 bridgehead atoms. The first-order chi connectivity index (χ1) is 12.9. The van der Waals surface area contributed by atoms with Crippen LogP contribution < -0.4 is 4.74 Å². The maximum Gasteiger partial charge on any atom is 0.236 e. The molecule has 7 heteroatoms. The van der Waals surface area contributed by atoms with E-state index >= 15 is 0 Å². The minimum Gasteiger partial charge on any atom is -0.497 e. The van der Waals surface area contributed by atoms with Crippen molar-refractivity contribution in [3.63, 3.8) is 0 Å². The first kappa shape index (κ1) is 20.1. The molecule has 0 saturated carbocycles. The number of hydrogen-bond acceptors (Lipinski definition) is 5.